The van der Waals surface area contributed by atoms with Gasteiger partial charge in [-0.05, 0) is 24.3 Å². The largest absolute Gasteiger partial charge is 0.351 e. The van der Waals surface area contributed by atoms with Crippen LogP contribution in [0.5, 0.6) is 0 Å². The van der Waals surface area contributed by atoms with Crippen LogP contribution in [0, 0.1) is 11.3 Å². The molecule has 2 aromatic rings. The second-order valence-electron chi connectivity index (χ2n) is 6.57. The molecule has 1 aromatic carbocycles. The summed E-state index contributed by atoms with van der Waals surface area (Å²) in [4.78, 5) is 26.9. The van der Waals surface area contributed by atoms with E-state index < -0.39 is 10.0 Å². The first kappa shape index (κ1) is 23.5. The normalized spacial score (nSPS) is 11.1. The Balaban J connectivity index is 1.88. The third kappa shape index (κ3) is 6.38. The molecule has 2 rings (SSSR count). The highest BCUT2D eigenvalue weighted by atomic mass is 32.2. The third-order valence-corrected chi connectivity index (χ3v) is 7.58. The Morgan fingerprint density at radius 1 is 1.10 bits per heavy atom. The van der Waals surface area contributed by atoms with Crippen LogP contribution in [0.1, 0.15) is 24.1 Å². The van der Waals surface area contributed by atoms with E-state index in [-0.39, 0.29) is 48.4 Å². The van der Waals surface area contributed by atoms with E-state index in [0.717, 1.165) is 15.6 Å². The Morgan fingerprint density at radius 2 is 1.80 bits per heavy atom. The lowest BCUT2D eigenvalue weighted by Gasteiger charge is -2.21. The molecular weight excluding hydrogens is 424 g/mol. The van der Waals surface area contributed by atoms with Gasteiger partial charge in [-0.2, -0.15) is 5.26 Å². The molecule has 0 spiro atoms. The number of hydrogen-bond acceptors (Lipinski definition) is 6. The van der Waals surface area contributed by atoms with Crippen molar-refractivity contribution in [1.82, 2.24) is 9.62 Å². The number of rotatable bonds is 10. The molecule has 1 aromatic heterocycles. The number of amides is 2. The molecular formula is C20H24N4O4S2. The molecule has 1 N–H and O–H groups in total. The monoisotopic (exact) mass is 448 g/mol. The Labute approximate surface area is 180 Å². The Bertz CT molecular complexity index is 1010. The minimum absolute atomic E-state index is 0.00293. The fourth-order valence-corrected chi connectivity index (χ4v) is 5.03. The van der Waals surface area contributed by atoms with Crippen LogP contribution in [0.25, 0.3) is 0 Å². The maximum atomic E-state index is 12.6. The SMILES string of the molecule is CN(C)S(=O)(=O)c1ccc(CNC(=O)CCC(=O)N(CCC#N)c2ccccc2)s1. The summed E-state index contributed by atoms with van der Waals surface area (Å²) in [7, 11) is -0.571. The van der Waals surface area contributed by atoms with E-state index >= 15 is 0 Å². The second kappa shape index (κ2) is 10.9. The molecule has 10 heteroatoms. The number of thiophene rings is 1. The Morgan fingerprint density at radius 3 is 2.43 bits per heavy atom. The van der Waals surface area contributed by atoms with Crippen molar-refractivity contribution >= 4 is 38.9 Å². The standard InChI is InChI=1S/C20H24N4O4S2/c1-23(2)30(27,28)20-12-9-17(29-20)15-22-18(25)10-11-19(26)24(14-6-13-21)16-7-4-3-5-8-16/h3-5,7-9,12H,6,10-11,14-15H2,1-2H3,(H,22,25). The molecule has 0 fully saturated rings. The van der Waals surface area contributed by atoms with E-state index in [1.807, 2.05) is 12.1 Å². The summed E-state index contributed by atoms with van der Waals surface area (Å²) in [5.74, 6) is -0.538. The molecule has 0 bridgehead atoms. The van der Waals surface area contributed by atoms with Gasteiger partial charge in [-0.1, -0.05) is 18.2 Å². The van der Waals surface area contributed by atoms with Crippen molar-refractivity contribution in [3.05, 3.63) is 47.3 Å². The topological polar surface area (TPSA) is 111 Å². The van der Waals surface area contributed by atoms with E-state index in [4.69, 9.17) is 5.26 Å². The average Bonchev–Trinajstić information content (AvgIpc) is 3.21. The predicted octanol–water partition coefficient (Wildman–Crippen LogP) is 2.34. The molecule has 0 radical (unpaired) electrons. The van der Waals surface area contributed by atoms with Gasteiger partial charge >= 0.3 is 0 Å². The molecule has 0 atom stereocenters. The van der Waals surface area contributed by atoms with Crippen LogP contribution >= 0.6 is 11.3 Å². The smallest absolute Gasteiger partial charge is 0.252 e. The van der Waals surface area contributed by atoms with Crippen LogP contribution in [0.3, 0.4) is 0 Å². The molecule has 1 heterocycles. The molecule has 0 aliphatic heterocycles. The summed E-state index contributed by atoms with van der Waals surface area (Å²) in [6.07, 6.45) is 0.212. The van der Waals surface area contributed by atoms with Crippen molar-refractivity contribution in [2.75, 3.05) is 25.5 Å². The van der Waals surface area contributed by atoms with Crippen LogP contribution in [-0.2, 0) is 26.2 Å². The van der Waals surface area contributed by atoms with E-state index in [1.54, 1.807) is 30.3 Å². The van der Waals surface area contributed by atoms with Gasteiger partial charge in [0, 0.05) is 44.0 Å². The fourth-order valence-electron chi connectivity index (χ4n) is 2.57. The van der Waals surface area contributed by atoms with Crippen molar-refractivity contribution in [2.45, 2.75) is 30.0 Å². The molecule has 0 unspecified atom stereocenters. The number of nitrogens with one attached hydrogen (secondary N) is 1. The molecule has 0 aliphatic rings. The lowest BCUT2D eigenvalue weighted by atomic mass is 10.2. The predicted molar refractivity (Wildman–Crippen MR) is 115 cm³/mol. The number of anilines is 1. The number of benzene rings is 1. The lowest BCUT2D eigenvalue weighted by Crippen LogP contribution is -2.33. The highest BCUT2D eigenvalue weighted by Crippen LogP contribution is 2.23. The first-order chi connectivity index (χ1) is 14.3. The number of nitriles is 1. The Kier molecular flexibility index (Phi) is 8.53. The van der Waals surface area contributed by atoms with Crippen LogP contribution in [0.2, 0.25) is 0 Å². The van der Waals surface area contributed by atoms with Gasteiger partial charge in [0.05, 0.1) is 19.0 Å². The number of para-hydroxylation sites is 1. The minimum atomic E-state index is -3.49. The van der Waals surface area contributed by atoms with Crippen molar-refractivity contribution < 1.29 is 18.0 Å². The lowest BCUT2D eigenvalue weighted by molar-refractivity contribution is -0.125. The van der Waals surface area contributed by atoms with Gasteiger partial charge in [0.15, 0.2) is 0 Å². The zero-order chi connectivity index (χ0) is 22.1. The molecule has 30 heavy (non-hydrogen) atoms. The zero-order valence-corrected chi connectivity index (χ0v) is 18.5. The van der Waals surface area contributed by atoms with Crippen molar-refractivity contribution in [3.63, 3.8) is 0 Å². The molecule has 8 nitrogen and oxygen atoms in total. The first-order valence-corrected chi connectivity index (χ1v) is 11.5. The maximum Gasteiger partial charge on any atom is 0.252 e. The number of sulfonamides is 1. The highest BCUT2D eigenvalue weighted by Gasteiger charge is 2.20. The van der Waals surface area contributed by atoms with E-state index in [2.05, 4.69) is 5.32 Å². The van der Waals surface area contributed by atoms with E-state index in [9.17, 15) is 18.0 Å². The van der Waals surface area contributed by atoms with Gasteiger partial charge in [0.2, 0.25) is 11.8 Å². The van der Waals surface area contributed by atoms with Crippen molar-refractivity contribution in [1.29, 1.82) is 5.26 Å². The van der Waals surface area contributed by atoms with Gasteiger partial charge in [-0.25, -0.2) is 12.7 Å². The molecule has 2 amide bonds. The maximum absolute atomic E-state index is 12.6. The fraction of sp³-hybridized carbons (Fsp3) is 0.350. The van der Waals surface area contributed by atoms with E-state index in [1.165, 1.54) is 25.1 Å². The van der Waals surface area contributed by atoms with Crippen LogP contribution in [0.15, 0.2) is 46.7 Å². The number of carbonyl (C=O) groups is 2. The number of hydrogen-bond donors (Lipinski definition) is 1. The number of nitrogens with zero attached hydrogens (tertiary/aromatic N) is 3. The summed E-state index contributed by atoms with van der Waals surface area (Å²) in [5.41, 5.74) is 0.686. The summed E-state index contributed by atoms with van der Waals surface area (Å²) in [6, 6.07) is 14.2. The molecule has 0 saturated heterocycles. The van der Waals surface area contributed by atoms with Crippen molar-refractivity contribution in [2.24, 2.45) is 0 Å². The van der Waals surface area contributed by atoms with Gasteiger partial charge in [0.25, 0.3) is 10.0 Å². The minimum Gasteiger partial charge on any atom is -0.351 e. The van der Waals surface area contributed by atoms with Gasteiger partial charge in [0.1, 0.15) is 4.21 Å². The molecule has 160 valence electrons. The van der Waals surface area contributed by atoms with E-state index in [0.29, 0.717) is 10.6 Å². The van der Waals surface area contributed by atoms with Gasteiger partial charge in [-0.3, -0.25) is 9.59 Å². The number of carbonyl (C=O) groups excluding carboxylic acids is 2. The zero-order valence-electron chi connectivity index (χ0n) is 16.9. The molecule has 0 aliphatic carbocycles. The summed E-state index contributed by atoms with van der Waals surface area (Å²) in [5, 5.41) is 11.5. The second-order valence-corrected chi connectivity index (χ2v) is 10.1. The van der Waals surface area contributed by atoms with Crippen LogP contribution < -0.4 is 10.2 Å². The average molecular weight is 449 g/mol. The van der Waals surface area contributed by atoms with Crippen LogP contribution in [-0.4, -0.2) is 45.2 Å². The third-order valence-electron chi connectivity index (χ3n) is 4.21. The summed E-state index contributed by atoms with van der Waals surface area (Å²) < 4.78 is 25.6. The van der Waals surface area contributed by atoms with Gasteiger partial charge in [-0.15, -0.1) is 11.3 Å². The Hall–Kier alpha value is -2.74. The van der Waals surface area contributed by atoms with Crippen LogP contribution in [0.4, 0.5) is 5.69 Å². The quantitative estimate of drug-likeness (QED) is 0.600. The summed E-state index contributed by atoms with van der Waals surface area (Å²) in [6.45, 7) is 0.455. The summed E-state index contributed by atoms with van der Waals surface area (Å²) >= 11 is 1.10. The van der Waals surface area contributed by atoms with Gasteiger partial charge < -0.3 is 10.2 Å². The first-order valence-electron chi connectivity index (χ1n) is 9.26. The highest BCUT2D eigenvalue weighted by molar-refractivity contribution is 7.91. The van der Waals surface area contributed by atoms with Crippen molar-refractivity contribution in [3.8, 4) is 6.07 Å². The molecule has 0 saturated carbocycles.